The molecule has 0 aliphatic carbocycles. The van der Waals surface area contributed by atoms with Crippen LogP contribution < -0.4 is 14.6 Å². The predicted molar refractivity (Wildman–Crippen MR) is 103 cm³/mol. The Labute approximate surface area is 162 Å². The van der Waals surface area contributed by atoms with Gasteiger partial charge in [0.2, 0.25) is 0 Å². The quantitative estimate of drug-likeness (QED) is 0.361. The molecule has 2 rings (SSSR count). The second-order valence-corrected chi connectivity index (χ2v) is 7.34. The number of methoxy groups -OCH3 is 2. The van der Waals surface area contributed by atoms with E-state index in [1.54, 1.807) is 31.3 Å². The number of amides is 1. The van der Waals surface area contributed by atoms with Crippen LogP contribution in [0.25, 0.3) is 6.08 Å². The highest BCUT2D eigenvalue weighted by Crippen LogP contribution is 2.34. The molecule has 0 spiro atoms. The van der Waals surface area contributed by atoms with Crippen LogP contribution in [-0.2, 0) is 9.59 Å². The van der Waals surface area contributed by atoms with Crippen LogP contribution in [0.2, 0.25) is 0 Å². The summed E-state index contributed by atoms with van der Waals surface area (Å²) in [5, 5.41) is 10.4. The Balaban J connectivity index is 2.03. The zero-order valence-corrected chi connectivity index (χ0v) is 16.3. The molecule has 0 unspecified atom stereocenters. The van der Waals surface area contributed by atoms with Crippen LogP contribution >= 0.6 is 24.0 Å². The highest BCUT2D eigenvalue weighted by molar-refractivity contribution is 8.26. The Morgan fingerprint density at radius 1 is 1.19 bits per heavy atom. The van der Waals surface area contributed by atoms with E-state index in [9.17, 15) is 14.7 Å². The fourth-order valence-corrected chi connectivity index (χ4v) is 3.78. The molecular formula is C18H20NO5S2-. The maximum atomic E-state index is 12.6. The van der Waals surface area contributed by atoms with Gasteiger partial charge in [-0.1, -0.05) is 30.4 Å². The van der Waals surface area contributed by atoms with Crippen LogP contribution in [0, 0.1) is 0 Å². The lowest BCUT2D eigenvalue weighted by Crippen LogP contribution is -2.29. The average Bonchev–Trinajstić information content (AvgIpc) is 2.87. The maximum Gasteiger partial charge on any atom is 0.266 e. The third-order valence-corrected chi connectivity index (χ3v) is 5.19. The van der Waals surface area contributed by atoms with E-state index in [2.05, 4.69) is 0 Å². The number of carboxylic acid groups (broad SMARTS) is 1. The lowest BCUT2D eigenvalue weighted by Gasteiger charge is -2.14. The lowest BCUT2D eigenvalue weighted by atomic mass is 10.1. The molecule has 140 valence electrons. The standard InChI is InChI=1S/C18H21NO5S2/c1-23-13-8-12(9-14(11-13)24-2)10-15-17(22)19(18(25)26-15)7-5-3-4-6-16(20)21/h8-11H,3-7H2,1-2H3,(H,20,21)/p-1/b15-10-. The molecule has 0 aromatic heterocycles. The van der Waals surface area contributed by atoms with Crippen molar-refractivity contribution < 1.29 is 24.2 Å². The minimum atomic E-state index is -1.05. The lowest BCUT2D eigenvalue weighted by molar-refractivity contribution is -0.305. The van der Waals surface area contributed by atoms with Crippen LogP contribution in [-0.4, -0.2) is 41.9 Å². The minimum Gasteiger partial charge on any atom is -0.550 e. The number of ether oxygens (including phenoxy) is 2. The first-order valence-electron chi connectivity index (χ1n) is 8.13. The Kier molecular flexibility index (Phi) is 7.47. The van der Waals surface area contributed by atoms with Gasteiger partial charge in [0.05, 0.1) is 19.1 Å². The van der Waals surface area contributed by atoms with Crippen LogP contribution in [0.1, 0.15) is 31.2 Å². The summed E-state index contributed by atoms with van der Waals surface area (Å²) >= 11 is 6.56. The third-order valence-electron chi connectivity index (χ3n) is 3.81. The van der Waals surface area contributed by atoms with Crippen molar-refractivity contribution in [3.63, 3.8) is 0 Å². The maximum absolute atomic E-state index is 12.6. The van der Waals surface area contributed by atoms with Gasteiger partial charge in [-0.05, 0) is 43.0 Å². The molecule has 1 amide bonds. The first kappa shape index (κ1) is 20.3. The predicted octanol–water partition coefficient (Wildman–Crippen LogP) is 2.22. The summed E-state index contributed by atoms with van der Waals surface area (Å²) in [6.45, 7) is 0.483. The monoisotopic (exact) mass is 394 g/mol. The molecule has 1 saturated heterocycles. The molecule has 0 atom stereocenters. The average molecular weight is 394 g/mol. The topological polar surface area (TPSA) is 78.9 Å². The number of rotatable bonds is 9. The normalized spacial score (nSPS) is 15.6. The molecule has 0 radical (unpaired) electrons. The summed E-state index contributed by atoms with van der Waals surface area (Å²) < 4.78 is 11.0. The highest BCUT2D eigenvalue weighted by atomic mass is 32.2. The van der Waals surface area contributed by atoms with E-state index in [1.165, 1.54) is 11.8 Å². The molecule has 1 aliphatic heterocycles. The molecular weight excluding hydrogens is 374 g/mol. The van der Waals surface area contributed by atoms with Crippen molar-refractivity contribution in [2.45, 2.75) is 25.7 Å². The number of thiocarbonyl (C=S) groups is 1. The number of unbranched alkanes of at least 4 members (excludes halogenated alkanes) is 2. The van der Waals surface area contributed by atoms with Gasteiger partial charge in [0.25, 0.3) is 5.91 Å². The number of hydrogen-bond acceptors (Lipinski definition) is 7. The molecule has 26 heavy (non-hydrogen) atoms. The molecule has 1 aromatic rings. The summed E-state index contributed by atoms with van der Waals surface area (Å²) in [4.78, 5) is 25.1. The fraction of sp³-hybridized carbons (Fsp3) is 0.389. The largest absolute Gasteiger partial charge is 0.550 e. The van der Waals surface area contributed by atoms with E-state index in [-0.39, 0.29) is 12.3 Å². The van der Waals surface area contributed by atoms with Crippen molar-refractivity contribution in [1.82, 2.24) is 4.90 Å². The summed E-state index contributed by atoms with van der Waals surface area (Å²) in [5.74, 6) is 0.0898. The number of hydrogen-bond donors (Lipinski definition) is 0. The van der Waals surface area contributed by atoms with Gasteiger partial charge in [-0.2, -0.15) is 0 Å². The second-order valence-electron chi connectivity index (χ2n) is 5.66. The number of aliphatic carboxylic acids is 1. The van der Waals surface area contributed by atoms with E-state index in [0.29, 0.717) is 46.5 Å². The van der Waals surface area contributed by atoms with E-state index in [0.717, 1.165) is 5.56 Å². The van der Waals surface area contributed by atoms with E-state index in [4.69, 9.17) is 21.7 Å². The number of carboxylic acids is 1. The van der Waals surface area contributed by atoms with Crippen LogP contribution in [0.5, 0.6) is 11.5 Å². The number of carbonyl (C=O) groups excluding carboxylic acids is 2. The summed E-state index contributed by atoms with van der Waals surface area (Å²) in [6.07, 6.45) is 3.74. The molecule has 0 saturated carbocycles. The number of nitrogens with zero attached hydrogens (tertiary/aromatic N) is 1. The molecule has 1 heterocycles. The van der Waals surface area contributed by atoms with E-state index >= 15 is 0 Å². The molecule has 1 fully saturated rings. The van der Waals surface area contributed by atoms with Gasteiger partial charge in [0, 0.05) is 18.6 Å². The first-order valence-corrected chi connectivity index (χ1v) is 9.35. The van der Waals surface area contributed by atoms with Crippen molar-refractivity contribution >= 4 is 46.3 Å². The third kappa shape index (κ3) is 5.47. The van der Waals surface area contributed by atoms with Gasteiger partial charge < -0.3 is 19.4 Å². The SMILES string of the molecule is COc1cc(/C=C2\SC(=S)N(CCCCCC(=O)[O-])C2=O)cc(OC)c1. The first-order chi connectivity index (χ1) is 12.4. The van der Waals surface area contributed by atoms with Crippen molar-refractivity contribution in [3.05, 3.63) is 28.7 Å². The van der Waals surface area contributed by atoms with Crippen molar-refractivity contribution in [2.24, 2.45) is 0 Å². The van der Waals surface area contributed by atoms with Gasteiger partial charge >= 0.3 is 0 Å². The van der Waals surface area contributed by atoms with Crippen molar-refractivity contribution in [1.29, 1.82) is 0 Å². The Morgan fingerprint density at radius 3 is 2.42 bits per heavy atom. The molecule has 8 heteroatoms. The van der Waals surface area contributed by atoms with Crippen molar-refractivity contribution in [2.75, 3.05) is 20.8 Å². The number of benzene rings is 1. The molecule has 0 bridgehead atoms. The Bertz CT molecular complexity index is 710. The van der Waals surface area contributed by atoms with Crippen LogP contribution in [0.4, 0.5) is 0 Å². The van der Waals surface area contributed by atoms with E-state index in [1.807, 2.05) is 12.1 Å². The number of carbonyl (C=O) groups is 2. The zero-order valence-electron chi connectivity index (χ0n) is 14.6. The zero-order chi connectivity index (χ0) is 19.1. The Hall–Kier alpha value is -2.06. The minimum absolute atomic E-state index is 0.0377. The summed E-state index contributed by atoms with van der Waals surface area (Å²) in [7, 11) is 3.14. The molecule has 0 N–H and O–H groups in total. The molecule has 1 aliphatic rings. The highest BCUT2D eigenvalue weighted by Gasteiger charge is 2.31. The van der Waals surface area contributed by atoms with Gasteiger partial charge in [0.1, 0.15) is 15.8 Å². The van der Waals surface area contributed by atoms with Gasteiger partial charge in [-0.25, -0.2) is 0 Å². The van der Waals surface area contributed by atoms with Gasteiger partial charge in [-0.15, -0.1) is 0 Å². The Morgan fingerprint density at radius 2 is 1.85 bits per heavy atom. The number of thioether (sulfide) groups is 1. The molecule has 6 nitrogen and oxygen atoms in total. The van der Waals surface area contributed by atoms with Gasteiger partial charge in [0.15, 0.2) is 0 Å². The second kappa shape index (κ2) is 9.59. The fourth-order valence-electron chi connectivity index (χ4n) is 2.47. The summed E-state index contributed by atoms with van der Waals surface area (Å²) in [6, 6.07) is 5.39. The summed E-state index contributed by atoms with van der Waals surface area (Å²) in [5.41, 5.74) is 0.788. The van der Waals surface area contributed by atoms with Gasteiger partial charge in [-0.3, -0.25) is 9.69 Å². The molecule has 1 aromatic carbocycles. The smallest absolute Gasteiger partial charge is 0.266 e. The van der Waals surface area contributed by atoms with Crippen LogP contribution in [0.15, 0.2) is 23.1 Å². The van der Waals surface area contributed by atoms with E-state index < -0.39 is 5.97 Å². The van der Waals surface area contributed by atoms with Crippen LogP contribution in [0.3, 0.4) is 0 Å². The van der Waals surface area contributed by atoms with Crippen molar-refractivity contribution in [3.8, 4) is 11.5 Å².